The smallest absolute Gasteiger partial charge is 0.273 e. The summed E-state index contributed by atoms with van der Waals surface area (Å²) in [5, 5.41) is 19.2. The number of anilines is 3. The maximum atomic E-state index is 13.1. The molecule has 5 heterocycles. The minimum Gasteiger partial charge on any atom is -0.494 e. The first-order chi connectivity index (χ1) is 21.5. The molecule has 4 N–H and O–H groups in total. The normalized spacial score (nSPS) is 22.3. The van der Waals surface area contributed by atoms with E-state index in [1.807, 2.05) is 5.32 Å². The number of fused-ring (bicyclic) bond motifs is 3. The van der Waals surface area contributed by atoms with Gasteiger partial charge in [-0.05, 0) is 69.3 Å². The van der Waals surface area contributed by atoms with Gasteiger partial charge in [-0.2, -0.15) is 0 Å². The van der Waals surface area contributed by atoms with Crippen molar-refractivity contribution in [1.29, 1.82) is 0 Å². The second kappa shape index (κ2) is 11.6. The molecule has 0 unspecified atom stereocenters. The van der Waals surface area contributed by atoms with Gasteiger partial charge in [0.25, 0.3) is 11.8 Å². The van der Waals surface area contributed by atoms with Gasteiger partial charge in [0.2, 0.25) is 5.91 Å². The molecule has 3 amide bonds. The van der Waals surface area contributed by atoms with Crippen molar-refractivity contribution < 1.29 is 23.2 Å². The fraction of sp³-hybridized carbons (Fsp3) is 0.448. The van der Waals surface area contributed by atoms with Crippen molar-refractivity contribution in [3.63, 3.8) is 0 Å². The van der Waals surface area contributed by atoms with Gasteiger partial charge in [0, 0.05) is 29.6 Å². The number of nitrogens with zero attached hydrogens (tertiary/aromatic N) is 4. The molecule has 2 aromatic heterocycles. The SMILES string of the molecule is [2H]C([2H])([2H])NC(=O)c1nnc(NC(=O)C2CC2)cc1Nc1cccc(-c2ncc(C(=O)NCC34CCN(CC3)CC4)s2)c1OC. The third-order valence-corrected chi connectivity index (χ3v) is 9.30. The van der Waals surface area contributed by atoms with E-state index in [0.29, 0.717) is 33.4 Å². The highest BCUT2D eigenvalue weighted by Gasteiger charge is 2.39. The quantitative estimate of drug-likeness (QED) is 0.278. The molecule has 3 saturated heterocycles. The first-order valence-corrected chi connectivity index (χ1v) is 14.8. The molecule has 7 rings (SSSR count). The van der Waals surface area contributed by atoms with Gasteiger partial charge in [0.1, 0.15) is 9.88 Å². The number of rotatable bonds is 10. The number of carbonyl (C=O) groups is 3. The van der Waals surface area contributed by atoms with Crippen LogP contribution in [0.2, 0.25) is 0 Å². The fourth-order valence-electron chi connectivity index (χ4n) is 5.54. The number of methoxy groups -OCH3 is 1. The zero-order chi connectivity index (χ0) is 31.8. The number of nitrogens with one attached hydrogen (secondary N) is 4. The standard InChI is InChI=1S/C29H34N8O4S/c1-30-27(40)23-20(14-22(35-36-23)34-25(38)17-6-7-17)33-19-5-3-4-18(24(19)41-2)28-31-15-21(42-28)26(39)32-16-29-8-11-37(12-9-29)13-10-29/h3-5,14-15,17H,6-13,16H2,1-2H3,(H,30,40)(H,32,39)(H2,33,34,35,38)/i1D3. The van der Waals surface area contributed by atoms with Crippen molar-refractivity contribution in [2.75, 3.05) is 50.9 Å². The summed E-state index contributed by atoms with van der Waals surface area (Å²) >= 11 is 1.24. The lowest BCUT2D eigenvalue weighted by Crippen LogP contribution is -2.52. The van der Waals surface area contributed by atoms with Crippen LogP contribution in [0.4, 0.5) is 17.2 Å². The van der Waals surface area contributed by atoms with Crippen LogP contribution in [0.5, 0.6) is 5.75 Å². The average Bonchev–Trinajstić information content (AvgIpc) is 3.76. The van der Waals surface area contributed by atoms with Gasteiger partial charge >= 0.3 is 0 Å². The molecule has 1 aromatic carbocycles. The molecule has 0 atom stereocenters. The Kier molecular flexibility index (Phi) is 6.79. The number of amides is 3. The summed E-state index contributed by atoms with van der Waals surface area (Å²) in [6.45, 7) is 1.15. The second-order valence-corrected chi connectivity index (χ2v) is 12.1. The maximum absolute atomic E-state index is 13.1. The highest BCUT2D eigenvalue weighted by atomic mass is 32.1. The number of piperidine rings is 3. The molecule has 12 nitrogen and oxygen atoms in total. The van der Waals surface area contributed by atoms with E-state index < -0.39 is 12.9 Å². The number of para-hydroxylation sites is 1. The van der Waals surface area contributed by atoms with Crippen molar-refractivity contribution in [2.24, 2.45) is 11.3 Å². The van der Waals surface area contributed by atoms with Crippen LogP contribution in [0.15, 0.2) is 30.5 Å². The minimum absolute atomic E-state index is 0.0936. The van der Waals surface area contributed by atoms with Crippen molar-refractivity contribution >= 4 is 46.3 Å². The van der Waals surface area contributed by atoms with Gasteiger partial charge < -0.3 is 30.9 Å². The Hall–Kier alpha value is -4.10. The van der Waals surface area contributed by atoms with Crippen LogP contribution in [0, 0.1) is 11.3 Å². The lowest BCUT2D eigenvalue weighted by molar-refractivity contribution is -0.117. The fourth-order valence-corrected chi connectivity index (χ4v) is 6.39. The van der Waals surface area contributed by atoms with Crippen LogP contribution in [-0.4, -0.2) is 78.1 Å². The lowest BCUT2D eigenvalue weighted by atomic mass is 9.72. The number of thiazole rings is 1. The molecular weight excluding hydrogens is 556 g/mol. The average molecular weight is 594 g/mol. The van der Waals surface area contributed by atoms with Crippen LogP contribution in [0.1, 0.15) is 56.4 Å². The van der Waals surface area contributed by atoms with E-state index in [2.05, 4.69) is 36.0 Å². The van der Waals surface area contributed by atoms with E-state index in [4.69, 9.17) is 8.85 Å². The summed E-state index contributed by atoms with van der Waals surface area (Å²) in [5.74, 6) is -0.971. The van der Waals surface area contributed by atoms with Gasteiger partial charge in [0.15, 0.2) is 17.3 Å². The molecule has 3 aliphatic heterocycles. The van der Waals surface area contributed by atoms with Crippen LogP contribution in [-0.2, 0) is 4.79 Å². The van der Waals surface area contributed by atoms with Crippen molar-refractivity contribution in [3.8, 4) is 16.3 Å². The summed E-state index contributed by atoms with van der Waals surface area (Å²) in [7, 11) is 1.48. The van der Waals surface area contributed by atoms with E-state index >= 15 is 0 Å². The Morgan fingerprint density at radius 2 is 1.90 bits per heavy atom. The molecule has 4 fully saturated rings. The molecule has 3 aromatic rings. The van der Waals surface area contributed by atoms with Crippen LogP contribution in [0.25, 0.3) is 10.6 Å². The summed E-state index contributed by atoms with van der Waals surface area (Å²) in [5.41, 5.74) is 0.986. The molecule has 1 aliphatic carbocycles. The van der Waals surface area contributed by atoms with E-state index in [-0.39, 0.29) is 40.3 Å². The topological polar surface area (TPSA) is 150 Å². The first-order valence-electron chi connectivity index (χ1n) is 15.4. The molecule has 13 heteroatoms. The van der Waals surface area contributed by atoms with Gasteiger partial charge in [-0.1, -0.05) is 6.07 Å². The molecule has 4 aliphatic rings. The minimum atomic E-state index is -2.75. The molecule has 42 heavy (non-hydrogen) atoms. The monoisotopic (exact) mass is 593 g/mol. The Bertz CT molecular complexity index is 1610. The van der Waals surface area contributed by atoms with E-state index in [9.17, 15) is 14.4 Å². The number of aromatic nitrogens is 3. The van der Waals surface area contributed by atoms with Crippen molar-refractivity contribution in [1.82, 2.24) is 30.7 Å². The number of benzene rings is 1. The summed E-state index contributed by atoms with van der Waals surface area (Å²) in [6.07, 6.45) is 6.41. The number of hydrogen-bond acceptors (Lipinski definition) is 10. The van der Waals surface area contributed by atoms with Crippen molar-refractivity contribution in [3.05, 3.63) is 41.0 Å². The number of ether oxygens (including phenoxy) is 1. The molecule has 2 bridgehead atoms. The molecule has 0 spiro atoms. The Morgan fingerprint density at radius 3 is 2.62 bits per heavy atom. The molecule has 1 saturated carbocycles. The largest absolute Gasteiger partial charge is 0.494 e. The van der Waals surface area contributed by atoms with Gasteiger partial charge in [0.05, 0.1) is 30.2 Å². The second-order valence-electron chi connectivity index (χ2n) is 11.0. The maximum Gasteiger partial charge on any atom is 0.273 e. The van der Waals surface area contributed by atoms with E-state index in [1.165, 1.54) is 24.5 Å². The highest BCUT2D eigenvalue weighted by molar-refractivity contribution is 7.17. The molecular formula is C29H34N8O4S. The van der Waals surface area contributed by atoms with Gasteiger partial charge in [-0.3, -0.25) is 14.4 Å². The van der Waals surface area contributed by atoms with E-state index in [1.54, 1.807) is 24.4 Å². The predicted molar refractivity (Wildman–Crippen MR) is 159 cm³/mol. The van der Waals surface area contributed by atoms with Crippen molar-refractivity contribution in [2.45, 2.75) is 32.1 Å². The molecule has 220 valence electrons. The van der Waals surface area contributed by atoms with Crippen LogP contribution >= 0.6 is 11.3 Å². The number of hydrogen-bond donors (Lipinski definition) is 4. The van der Waals surface area contributed by atoms with Crippen LogP contribution in [0.3, 0.4) is 0 Å². The van der Waals surface area contributed by atoms with Gasteiger partial charge in [-0.15, -0.1) is 21.5 Å². The summed E-state index contributed by atoms with van der Waals surface area (Å²) in [6, 6.07) is 6.66. The summed E-state index contributed by atoms with van der Waals surface area (Å²) < 4.78 is 28.0. The Labute approximate surface area is 251 Å². The lowest BCUT2D eigenvalue weighted by Gasteiger charge is -2.48. The zero-order valence-electron chi connectivity index (χ0n) is 26.2. The predicted octanol–water partition coefficient (Wildman–Crippen LogP) is 3.28. The Balaban J connectivity index is 1.23. The zero-order valence-corrected chi connectivity index (χ0v) is 24.0. The first kappa shape index (κ1) is 24.5. The van der Waals surface area contributed by atoms with E-state index in [0.717, 1.165) is 51.7 Å². The molecule has 0 radical (unpaired) electrons. The number of carbonyl (C=O) groups excluding carboxylic acids is 3. The third kappa shape index (κ3) is 5.79. The van der Waals surface area contributed by atoms with Gasteiger partial charge in [-0.25, -0.2) is 4.98 Å². The van der Waals surface area contributed by atoms with Crippen LogP contribution < -0.4 is 26.0 Å². The summed E-state index contributed by atoms with van der Waals surface area (Å²) in [4.78, 5) is 45.8. The third-order valence-electron chi connectivity index (χ3n) is 8.27. The highest BCUT2D eigenvalue weighted by Crippen LogP contribution is 2.41. The Morgan fingerprint density at radius 1 is 1.12 bits per heavy atom.